The molecule has 0 aliphatic rings. The number of hydrogen-bond donors (Lipinski definition) is 2. The number of thioether (sulfide) groups is 1. The van der Waals surface area contributed by atoms with Gasteiger partial charge in [-0.1, -0.05) is 12.1 Å². The fourth-order valence-electron chi connectivity index (χ4n) is 1.76. The van der Waals surface area contributed by atoms with Gasteiger partial charge in [-0.05, 0) is 30.3 Å². The van der Waals surface area contributed by atoms with E-state index in [1.807, 2.05) is 0 Å². The molecule has 10 heteroatoms. The summed E-state index contributed by atoms with van der Waals surface area (Å²) in [6.45, 7) is -0.504. The maximum atomic E-state index is 12.8. The van der Waals surface area contributed by atoms with Crippen LogP contribution in [0.3, 0.4) is 0 Å². The number of nitrogens with one attached hydrogen (secondary N) is 2. The minimum absolute atomic E-state index is 0.0108. The molecular formula is C16H14FN3O5S. The molecule has 2 N–H and O–H groups in total. The summed E-state index contributed by atoms with van der Waals surface area (Å²) in [6.07, 6.45) is 0. The van der Waals surface area contributed by atoms with E-state index in [4.69, 9.17) is 4.74 Å². The smallest absolute Gasteiger partial charge is 0.310 e. The third-order valence-electron chi connectivity index (χ3n) is 2.95. The quantitative estimate of drug-likeness (QED) is 0.433. The number of amides is 2. The molecule has 0 aliphatic carbocycles. The van der Waals surface area contributed by atoms with Crippen LogP contribution in [0, 0.1) is 15.9 Å². The molecule has 26 heavy (non-hydrogen) atoms. The number of ether oxygens (including phenoxy) is 1. The van der Waals surface area contributed by atoms with Crippen LogP contribution in [0.25, 0.3) is 0 Å². The van der Waals surface area contributed by atoms with Gasteiger partial charge in [-0.2, -0.15) is 0 Å². The Hall–Kier alpha value is -3.14. The lowest BCUT2D eigenvalue weighted by Crippen LogP contribution is -2.44. The van der Waals surface area contributed by atoms with Crippen molar-refractivity contribution in [1.29, 1.82) is 0 Å². The van der Waals surface area contributed by atoms with Crippen molar-refractivity contribution in [3.05, 3.63) is 64.5 Å². The molecule has 0 fully saturated rings. The summed E-state index contributed by atoms with van der Waals surface area (Å²) >= 11 is 1.17. The second-order valence-corrected chi connectivity index (χ2v) is 5.90. The Bertz CT molecular complexity index is 801. The highest BCUT2D eigenvalue weighted by atomic mass is 32.2. The van der Waals surface area contributed by atoms with E-state index in [0.717, 1.165) is 0 Å². The van der Waals surface area contributed by atoms with E-state index < -0.39 is 23.3 Å². The zero-order valence-electron chi connectivity index (χ0n) is 13.3. The molecule has 0 aliphatic heterocycles. The number of benzene rings is 2. The molecule has 0 radical (unpaired) electrons. The average molecular weight is 379 g/mol. The first-order chi connectivity index (χ1) is 12.5. The van der Waals surface area contributed by atoms with Crippen LogP contribution in [0.2, 0.25) is 0 Å². The Balaban J connectivity index is 1.72. The number of para-hydroxylation sites is 2. The maximum absolute atomic E-state index is 12.8. The molecule has 0 atom stereocenters. The van der Waals surface area contributed by atoms with Gasteiger partial charge in [0.15, 0.2) is 12.4 Å². The zero-order valence-corrected chi connectivity index (χ0v) is 14.1. The molecule has 0 saturated heterocycles. The minimum atomic E-state index is -0.678. The fourth-order valence-corrected chi connectivity index (χ4v) is 2.46. The van der Waals surface area contributed by atoms with Gasteiger partial charge in [0.2, 0.25) is 5.91 Å². The number of rotatable bonds is 7. The molecule has 2 aromatic rings. The number of nitro groups is 1. The van der Waals surface area contributed by atoms with Crippen LogP contribution in [-0.2, 0) is 9.59 Å². The number of nitro benzene ring substituents is 1. The van der Waals surface area contributed by atoms with E-state index in [2.05, 4.69) is 10.9 Å². The summed E-state index contributed by atoms with van der Waals surface area (Å²) in [4.78, 5) is 34.2. The molecular weight excluding hydrogens is 365 g/mol. The van der Waals surface area contributed by atoms with Crippen molar-refractivity contribution in [2.45, 2.75) is 4.90 Å². The highest BCUT2D eigenvalue weighted by Gasteiger charge is 2.15. The molecule has 136 valence electrons. The highest BCUT2D eigenvalue weighted by Crippen LogP contribution is 2.25. The number of hydrogen-bond acceptors (Lipinski definition) is 6. The summed E-state index contributed by atoms with van der Waals surface area (Å²) in [5, 5.41) is 10.8. The van der Waals surface area contributed by atoms with Gasteiger partial charge in [-0.3, -0.25) is 30.6 Å². The lowest BCUT2D eigenvalue weighted by atomic mass is 10.3. The van der Waals surface area contributed by atoms with E-state index in [9.17, 15) is 24.1 Å². The second-order valence-electron chi connectivity index (χ2n) is 4.85. The van der Waals surface area contributed by atoms with Gasteiger partial charge in [0.25, 0.3) is 5.91 Å². The third kappa shape index (κ3) is 6.06. The monoisotopic (exact) mass is 379 g/mol. The lowest BCUT2D eigenvalue weighted by molar-refractivity contribution is -0.385. The van der Waals surface area contributed by atoms with Crippen LogP contribution >= 0.6 is 11.8 Å². The summed E-state index contributed by atoms with van der Waals surface area (Å²) in [5.41, 5.74) is 4.07. The van der Waals surface area contributed by atoms with E-state index in [-0.39, 0.29) is 23.0 Å². The SMILES string of the molecule is O=C(COc1ccccc1[N+](=O)[O-])NNC(=O)CSc1ccc(F)cc1. The normalized spacial score (nSPS) is 10.0. The number of hydrazine groups is 1. The predicted octanol–water partition coefficient (Wildman–Crippen LogP) is 2.05. The summed E-state index contributed by atoms with van der Waals surface area (Å²) in [6, 6.07) is 11.3. The molecule has 0 bridgehead atoms. The number of carbonyl (C=O) groups excluding carboxylic acids is 2. The largest absolute Gasteiger partial charge is 0.477 e. The topological polar surface area (TPSA) is 111 Å². The van der Waals surface area contributed by atoms with Crippen molar-refractivity contribution < 1.29 is 23.6 Å². The summed E-state index contributed by atoms with van der Waals surface area (Å²) < 4.78 is 17.9. The van der Waals surface area contributed by atoms with Crippen molar-refractivity contribution in [1.82, 2.24) is 10.9 Å². The van der Waals surface area contributed by atoms with Gasteiger partial charge in [0.1, 0.15) is 5.82 Å². The lowest BCUT2D eigenvalue weighted by Gasteiger charge is -2.09. The van der Waals surface area contributed by atoms with Gasteiger partial charge in [-0.15, -0.1) is 11.8 Å². The van der Waals surface area contributed by atoms with Crippen LogP contribution < -0.4 is 15.6 Å². The molecule has 0 saturated carbocycles. The summed E-state index contributed by atoms with van der Waals surface area (Å²) in [7, 11) is 0. The molecule has 0 heterocycles. The Kier molecular flexibility index (Phi) is 6.92. The standard InChI is InChI=1S/C16H14FN3O5S/c17-11-5-7-12(8-6-11)26-10-16(22)19-18-15(21)9-25-14-4-2-1-3-13(14)20(23)24/h1-8H,9-10H2,(H,18,21)(H,19,22). The molecule has 0 aromatic heterocycles. The van der Waals surface area contributed by atoms with Crippen molar-refractivity contribution in [3.63, 3.8) is 0 Å². The fraction of sp³-hybridized carbons (Fsp3) is 0.125. The van der Waals surface area contributed by atoms with E-state index in [1.165, 1.54) is 60.3 Å². The Morgan fingerprint density at radius 3 is 2.42 bits per heavy atom. The van der Waals surface area contributed by atoms with E-state index in [1.54, 1.807) is 0 Å². The van der Waals surface area contributed by atoms with Gasteiger partial charge in [0.05, 0.1) is 10.7 Å². The molecule has 0 spiro atoms. The van der Waals surface area contributed by atoms with Gasteiger partial charge < -0.3 is 4.74 Å². The Morgan fingerprint density at radius 1 is 1.08 bits per heavy atom. The van der Waals surface area contributed by atoms with Gasteiger partial charge in [-0.25, -0.2) is 4.39 Å². The van der Waals surface area contributed by atoms with Crippen molar-refractivity contribution in [3.8, 4) is 5.75 Å². The van der Waals surface area contributed by atoms with Gasteiger partial charge in [0, 0.05) is 11.0 Å². The molecule has 0 unspecified atom stereocenters. The first-order valence-corrected chi connectivity index (χ1v) is 8.26. The number of halogens is 1. The molecule has 8 nitrogen and oxygen atoms in total. The Labute approximate surface area is 151 Å². The van der Waals surface area contributed by atoms with Crippen LogP contribution in [-0.4, -0.2) is 29.1 Å². The Morgan fingerprint density at radius 2 is 1.73 bits per heavy atom. The highest BCUT2D eigenvalue weighted by molar-refractivity contribution is 8.00. The van der Waals surface area contributed by atoms with Crippen LogP contribution in [0.1, 0.15) is 0 Å². The maximum Gasteiger partial charge on any atom is 0.310 e. The third-order valence-corrected chi connectivity index (χ3v) is 3.96. The van der Waals surface area contributed by atoms with Crippen LogP contribution in [0.4, 0.5) is 10.1 Å². The van der Waals surface area contributed by atoms with Crippen LogP contribution in [0.15, 0.2) is 53.4 Å². The van der Waals surface area contributed by atoms with Crippen LogP contribution in [0.5, 0.6) is 5.75 Å². The van der Waals surface area contributed by atoms with Crippen molar-refractivity contribution in [2.75, 3.05) is 12.4 Å². The van der Waals surface area contributed by atoms with E-state index >= 15 is 0 Å². The van der Waals surface area contributed by atoms with Crippen molar-refractivity contribution in [2.24, 2.45) is 0 Å². The number of carbonyl (C=O) groups is 2. The number of nitrogens with zero attached hydrogens (tertiary/aromatic N) is 1. The molecule has 2 amide bonds. The van der Waals surface area contributed by atoms with Crippen molar-refractivity contribution >= 4 is 29.3 Å². The molecule has 2 rings (SSSR count). The van der Waals surface area contributed by atoms with Gasteiger partial charge >= 0.3 is 5.69 Å². The summed E-state index contributed by atoms with van der Waals surface area (Å²) in [5.74, 6) is -1.56. The molecule has 2 aromatic carbocycles. The van der Waals surface area contributed by atoms with E-state index in [0.29, 0.717) is 4.90 Å². The zero-order chi connectivity index (χ0) is 18.9. The minimum Gasteiger partial charge on any atom is -0.477 e. The first kappa shape index (κ1) is 19.2. The average Bonchev–Trinajstić information content (AvgIpc) is 2.64. The second kappa shape index (κ2) is 9.37. The predicted molar refractivity (Wildman–Crippen MR) is 92.0 cm³/mol. The first-order valence-electron chi connectivity index (χ1n) is 7.28.